The van der Waals surface area contributed by atoms with Gasteiger partial charge in [0.25, 0.3) is 0 Å². The van der Waals surface area contributed by atoms with Crippen molar-refractivity contribution < 1.29 is 0 Å². The van der Waals surface area contributed by atoms with Crippen LogP contribution in [0.15, 0.2) is 35.1 Å². The molecule has 82 valence electrons. The van der Waals surface area contributed by atoms with Gasteiger partial charge in [-0.15, -0.1) is 0 Å². The Bertz CT molecular complexity index is 496. The smallest absolute Gasteiger partial charge is 0.227 e. The van der Waals surface area contributed by atoms with Crippen LogP contribution in [-0.4, -0.2) is 9.97 Å². The van der Waals surface area contributed by atoms with Crippen LogP contribution >= 0.6 is 15.9 Å². The number of anilines is 3. The lowest BCUT2D eigenvalue weighted by molar-refractivity contribution is 1.17. The van der Waals surface area contributed by atoms with Crippen molar-refractivity contribution in [2.24, 2.45) is 0 Å². The second-order valence-electron chi connectivity index (χ2n) is 3.43. The third-order valence-corrected chi connectivity index (χ3v) is 2.95. The van der Waals surface area contributed by atoms with Crippen molar-refractivity contribution in [3.05, 3.63) is 40.6 Å². The molecule has 0 aliphatic carbocycles. The first-order valence-corrected chi connectivity index (χ1v) is 5.55. The van der Waals surface area contributed by atoms with Gasteiger partial charge in [-0.25, -0.2) is 9.97 Å². The highest BCUT2D eigenvalue weighted by atomic mass is 79.9. The molecule has 5 heteroatoms. The van der Waals surface area contributed by atoms with Crippen molar-refractivity contribution in [2.75, 3.05) is 11.1 Å². The van der Waals surface area contributed by atoms with Gasteiger partial charge >= 0.3 is 0 Å². The highest BCUT2D eigenvalue weighted by molar-refractivity contribution is 9.10. The van der Waals surface area contributed by atoms with E-state index in [0.717, 1.165) is 10.2 Å². The lowest BCUT2D eigenvalue weighted by atomic mass is 10.2. The van der Waals surface area contributed by atoms with Crippen molar-refractivity contribution in [2.45, 2.75) is 6.92 Å². The Balaban J connectivity index is 2.20. The van der Waals surface area contributed by atoms with Gasteiger partial charge in [0.1, 0.15) is 0 Å². The van der Waals surface area contributed by atoms with E-state index in [1.165, 1.54) is 5.56 Å². The Hall–Kier alpha value is -1.62. The summed E-state index contributed by atoms with van der Waals surface area (Å²) in [6, 6.07) is 5.97. The molecule has 0 saturated carbocycles. The first kappa shape index (κ1) is 10.9. The molecule has 0 saturated heterocycles. The molecule has 1 aromatic heterocycles. The summed E-state index contributed by atoms with van der Waals surface area (Å²) in [6.45, 7) is 2.04. The zero-order chi connectivity index (χ0) is 11.5. The summed E-state index contributed by atoms with van der Waals surface area (Å²) in [4.78, 5) is 8.13. The van der Waals surface area contributed by atoms with E-state index in [4.69, 9.17) is 5.73 Å². The highest BCUT2D eigenvalue weighted by Crippen LogP contribution is 2.22. The molecule has 16 heavy (non-hydrogen) atoms. The lowest BCUT2D eigenvalue weighted by Gasteiger charge is -2.06. The number of halogens is 1. The Morgan fingerprint density at radius 1 is 1.25 bits per heavy atom. The van der Waals surface area contributed by atoms with E-state index in [1.54, 1.807) is 12.4 Å². The van der Waals surface area contributed by atoms with Gasteiger partial charge < -0.3 is 11.1 Å². The predicted octanol–water partition coefficient (Wildman–Crippen LogP) is 2.87. The summed E-state index contributed by atoms with van der Waals surface area (Å²) in [5, 5.41) is 3.09. The largest absolute Gasteiger partial charge is 0.396 e. The highest BCUT2D eigenvalue weighted by Gasteiger charge is 1.99. The third-order valence-electron chi connectivity index (χ3n) is 2.10. The number of hydrogen-bond donors (Lipinski definition) is 2. The van der Waals surface area contributed by atoms with Crippen LogP contribution < -0.4 is 11.1 Å². The molecule has 2 rings (SSSR count). The molecule has 0 amide bonds. The SMILES string of the molecule is Cc1ccc(Nc2ncc(N)cn2)cc1Br. The number of hydrogen-bond acceptors (Lipinski definition) is 4. The fourth-order valence-electron chi connectivity index (χ4n) is 1.20. The molecule has 2 aromatic rings. The van der Waals surface area contributed by atoms with Gasteiger partial charge in [0.15, 0.2) is 0 Å². The third kappa shape index (κ3) is 2.49. The molecule has 1 heterocycles. The van der Waals surface area contributed by atoms with Crippen molar-refractivity contribution >= 4 is 33.3 Å². The molecule has 0 fully saturated rings. The molecule has 1 aromatic carbocycles. The maximum Gasteiger partial charge on any atom is 0.227 e. The Morgan fingerprint density at radius 3 is 2.56 bits per heavy atom. The second kappa shape index (κ2) is 4.49. The fourth-order valence-corrected chi connectivity index (χ4v) is 1.58. The molecule has 0 unspecified atom stereocenters. The van der Waals surface area contributed by atoms with Gasteiger partial charge in [-0.1, -0.05) is 22.0 Å². The van der Waals surface area contributed by atoms with Crippen LogP contribution in [0.3, 0.4) is 0 Å². The normalized spacial score (nSPS) is 10.1. The van der Waals surface area contributed by atoms with Crippen LogP contribution in [0.2, 0.25) is 0 Å². The second-order valence-corrected chi connectivity index (χ2v) is 4.28. The number of aromatic nitrogens is 2. The summed E-state index contributed by atoms with van der Waals surface area (Å²) in [7, 11) is 0. The molecule has 0 aliphatic rings. The maximum absolute atomic E-state index is 5.50. The zero-order valence-corrected chi connectivity index (χ0v) is 10.3. The lowest BCUT2D eigenvalue weighted by Crippen LogP contribution is -1.98. The standard InChI is InChI=1S/C11H11BrN4/c1-7-2-3-9(4-10(7)12)16-11-14-5-8(13)6-15-11/h2-6H,13H2,1H3,(H,14,15,16). The minimum atomic E-state index is 0.532. The number of rotatable bonds is 2. The predicted molar refractivity (Wildman–Crippen MR) is 68.6 cm³/mol. The molecule has 0 radical (unpaired) electrons. The van der Waals surface area contributed by atoms with Crippen LogP contribution in [0, 0.1) is 6.92 Å². The average Bonchev–Trinajstić information content (AvgIpc) is 2.27. The van der Waals surface area contributed by atoms with E-state index in [-0.39, 0.29) is 0 Å². The maximum atomic E-state index is 5.50. The van der Waals surface area contributed by atoms with Crippen LogP contribution in [0.5, 0.6) is 0 Å². The summed E-state index contributed by atoms with van der Waals surface area (Å²) in [6.07, 6.45) is 3.14. The molecule has 0 atom stereocenters. The van der Waals surface area contributed by atoms with Gasteiger partial charge in [0.2, 0.25) is 5.95 Å². The fraction of sp³-hybridized carbons (Fsp3) is 0.0909. The van der Waals surface area contributed by atoms with Crippen LogP contribution in [0.25, 0.3) is 0 Å². The van der Waals surface area contributed by atoms with E-state index < -0.39 is 0 Å². The van der Waals surface area contributed by atoms with Crippen LogP contribution in [0.1, 0.15) is 5.56 Å². The van der Waals surface area contributed by atoms with Crippen molar-refractivity contribution in [3.63, 3.8) is 0 Å². The number of nitrogens with one attached hydrogen (secondary N) is 1. The minimum absolute atomic E-state index is 0.532. The van der Waals surface area contributed by atoms with Crippen molar-refractivity contribution in [1.82, 2.24) is 9.97 Å². The van der Waals surface area contributed by atoms with Crippen LogP contribution in [0.4, 0.5) is 17.3 Å². The number of nitrogens with zero attached hydrogens (tertiary/aromatic N) is 2. The molecular weight excluding hydrogens is 268 g/mol. The first-order chi connectivity index (χ1) is 7.65. The summed E-state index contributed by atoms with van der Waals surface area (Å²) in [5.41, 5.74) is 8.17. The summed E-state index contributed by atoms with van der Waals surface area (Å²) >= 11 is 3.47. The number of aryl methyl sites for hydroxylation is 1. The number of nitrogen functional groups attached to an aromatic ring is 1. The van der Waals surface area contributed by atoms with Gasteiger partial charge in [0.05, 0.1) is 18.1 Å². The van der Waals surface area contributed by atoms with E-state index in [2.05, 4.69) is 31.2 Å². The molecular formula is C11H11BrN4. The van der Waals surface area contributed by atoms with E-state index in [9.17, 15) is 0 Å². The Morgan fingerprint density at radius 2 is 1.94 bits per heavy atom. The van der Waals surface area contributed by atoms with Crippen molar-refractivity contribution in [1.29, 1.82) is 0 Å². The Kier molecular flexibility index (Phi) is 3.05. The zero-order valence-electron chi connectivity index (χ0n) is 8.74. The molecule has 0 bridgehead atoms. The Labute approximate surface area is 102 Å². The molecule has 3 N–H and O–H groups in total. The average molecular weight is 279 g/mol. The van der Waals surface area contributed by atoms with Gasteiger partial charge in [0, 0.05) is 10.2 Å². The molecule has 0 spiro atoms. The molecule has 0 aliphatic heterocycles. The number of benzene rings is 1. The molecule has 4 nitrogen and oxygen atoms in total. The quantitative estimate of drug-likeness (QED) is 0.887. The van der Waals surface area contributed by atoms with Gasteiger partial charge in [-0.05, 0) is 24.6 Å². The van der Waals surface area contributed by atoms with Gasteiger partial charge in [-0.3, -0.25) is 0 Å². The summed E-state index contributed by atoms with van der Waals surface area (Å²) < 4.78 is 1.05. The monoisotopic (exact) mass is 278 g/mol. The van der Waals surface area contributed by atoms with E-state index >= 15 is 0 Å². The summed E-state index contributed by atoms with van der Waals surface area (Å²) in [5.74, 6) is 0.532. The van der Waals surface area contributed by atoms with E-state index in [1.807, 2.05) is 25.1 Å². The number of nitrogens with two attached hydrogens (primary N) is 1. The first-order valence-electron chi connectivity index (χ1n) is 4.76. The topological polar surface area (TPSA) is 63.8 Å². The van der Waals surface area contributed by atoms with Crippen molar-refractivity contribution in [3.8, 4) is 0 Å². The van der Waals surface area contributed by atoms with Crippen LogP contribution in [-0.2, 0) is 0 Å². The minimum Gasteiger partial charge on any atom is -0.396 e. The van der Waals surface area contributed by atoms with Gasteiger partial charge in [-0.2, -0.15) is 0 Å². The van der Waals surface area contributed by atoms with E-state index in [0.29, 0.717) is 11.6 Å².